The highest BCUT2D eigenvalue weighted by molar-refractivity contribution is 4.89. The zero-order valence-corrected chi connectivity index (χ0v) is 12.0. The Balaban J connectivity index is 0.000000509. The molecule has 98 valence electrons. The van der Waals surface area contributed by atoms with Crippen LogP contribution in [-0.4, -0.2) is 55.9 Å². The highest BCUT2D eigenvalue weighted by Gasteiger charge is 2.41. The first-order chi connectivity index (χ1) is 7.73. The fourth-order valence-corrected chi connectivity index (χ4v) is 2.18. The number of hydrogen-bond acceptors (Lipinski definition) is 3. The van der Waals surface area contributed by atoms with Crippen LogP contribution in [0.1, 0.15) is 40.5 Å². The maximum Gasteiger partial charge on any atom is 0.124 e. The van der Waals surface area contributed by atoms with Crippen LogP contribution in [0.15, 0.2) is 0 Å². The first-order valence-electron chi connectivity index (χ1n) is 6.77. The molecule has 1 spiro atoms. The average molecular weight is 230 g/mol. The van der Waals surface area contributed by atoms with Gasteiger partial charge in [-0.05, 0) is 14.1 Å². The van der Waals surface area contributed by atoms with Crippen molar-refractivity contribution in [3.63, 3.8) is 0 Å². The summed E-state index contributed by atoms with van der Waals surface area (Å²) in [6, 6.07) is 0. The number of hydrogen-bond donors (Lipinski definition) is 0. The molecule has 3 nitrogen and oxygen atoms in total. The Labute approximate surface area is 102 Å². The molecule has 2 rings (SSSR count). The van der Waals surface area contributed by atoms with Gasteiger partial charge in [-0.1, -0.05) is 27.7 Å². The minimum Gasteiger partial charge on any atom is -0.359 e. The van der Waals surface area contributed by atoms with Crippen molar-refractivity contribution < 1.29 is 4.74 Å². The molecule has 2 fully saturated rings. The fourth-order valence-electron chi connectivity index (χ4n) is 2.18. The molecule has 0 saturated carbocycles. The summed E-state index contributed by atoms with van der Waals surface area (Å²) in [5.74, 6) is 0. The quantitative estimate of drug-likeness (QED) is 0.635. The zero-order valence-electron chi connectivity index (χ0n) is 12.0. The van der Waals surface area contributed by atoms with Gasteiger partial charge in [0.2, 0.25) is 0 Å². The molecule has 0 aromatic rings. The third kappa shape index (κ3) is 3.72. The van der Waals surface area contributed by atoms with Crippen molar-refractivity contribution in [3.05, 3.63) is 0 Å². The third-order valence-corrected chi connectivity index (χ3v) is 3.26. The summed E-state index contributed by atoms with van der Waals surface area (Å²) in [7, 11) is 4.36. The lowest BCUT2D eigenvalue weighted by molar-refractivity contribution is -0.108. The summed E-state index contributed by atoms with van der Waals surface area (Å²) in [6.45, 7) is 12.4. The van der Waals surface area contributed by atoms with E-state index in [2.05, 4.69) is 23.9 Å². The summed E-state index contributed by atoms with van der Waals surface area (Å²) in [5, 5.41) is 0. The molecule has 16 heavy (non-hydrogen) atoms. The minimum absolute atomic E-state index is 0.104. The predicted octanol–water partition coefficient (Wildman–Crippen LogP) is 2.42. The number of likely N-dealkylation sites (tertiary alicyclic amines) is 1. The topological polar surface area (TPSA) is 15.7 Å². The summed E-state index contributed by atoms with van der Waals surface area (Å²) in [4.78, 5) is 4.75. The first kappa shape index (κ1) is 15.9. The van der Waals surface area contributed by atoms with Crippen LogP contribution in [0.3, 0.4) is 0 Å². The van der Waals surface area contributed by atoms with Crippen LogP contribution in [-0.2, 0) is 4.74 Å². The van der Waals surface area contributed by atoms with E-state index >= 15 is 0 Å². The van der Waals surface area contributed by atoms with E-state index in [1.807, 2.05) is 27.7 Å². The van der Waals surface area contributed by atoms with Gasteiger partial charge in [0.1, 0.15) is 5.72 Å². The Bertz CT molecular complexity index is 165. The molecule has 0 unspecified atom stereocenters. The molecule has 2 heterocycles. The van der Waals surface area contributed by atoms with Crippen LogP contribution in [0.25, 0.3) is 0 Å². The molecule has 2 aliphatic rings. The summed E-state index contributed by atoms with van der Waals surface area (Å²) in [6.07, 6.45) is 2.33. The van der Waals surface area contributed by atoms with E-state index in [0.717, 1.165) is 13.2 Å². The Morgan fingerprint density at radius 1 is 0.875 bits per heavy atom. The molecule has 0 radical (unpaired) electrons. The van der Waals surface area contributed by atoms with Gasteiger partial charge in [-0.15, -0.1) is 0 Å². The second-order valence-electron chi connectivity index (χ2n) is 4.02. The van der Waals surface area contributed by atoms with E-state index in [1.165, 1.54) is 25.9 Å². The normalized spacial score (nSPS) is 24.4. The van der Waals surface area contributed by atoms with Crippen LogP contribution in [0.5, 0.6) is 0 Å². The molecule has 0 bridgehead atoms. The number of ether oxygens (including phenoxy) is 1. The summed E-state index contributed by atoms with van der Waals surface area (Å²) >= 11 is 0. The smallest absolute Gasteiger partial charge is 0.124 e. The number of piperidine rings is 1. The first-order valence-corrected chi connectivity index (χ1v) is 6.77. The third-order valence-electron chi connectivity index (χ3n) is 3.26. The molecule has 0 atom stereocenters. The molecular weight excluding hydrogens is 200 g/mol. The van der Waals surface area contributed by atoms with Gasteiger partial charge in [-0.3, -0.25) is 4.90 Å². The van der Waals surface area contributed by atoms with Crippen molar-refractivity contribution in [1.82, 2.24) is 9.80 Å². The Morgan fingerprint density at radius 2 is 1.38 bits per heavy atom. The average Bonchev–Trinajstić information content (AvgIpc) is 2.70. The number of likely N-dealkylation sites (N-methyl/N-ethyl adjacent to an activating group) is 1. The van der Waals surface area contributed by atoms with Crippen LogP contribution in [0.4, 0.5) is 0 Å². The van der Waals surface area contributed by atoms with Gasteiger partial charge >= 0.3 is 0 Å². The highest BCUT2D eigenvalue weighted by Crippen LogP contribution is 2.32. The number of nitrogens with zero attached hydrogens (tertiary/aromatic N) is 2. The van der Waals surface area contributed by atoms with Gasteiger partial charge in [-0.2, -0.15) is 0 Å². The molecule has 3 heteroatoms. The van der Waals surface area contributed by atoms with Crippen molar-refractivity contribution in [2.45, 2.75) is 46.3 Å². The van der Waals surface area contributed by atoms with Crippen molar-refractivity contribution in [3.8, 4) is 0 Å². The largest absolute Gasteiger partial charge is 0.359 e. The molecule has 0 aromatic heterocycles. The maximum absolute atomic E-state index is 5.84. The standard InChI is InChI=1S/C9H18N2O.2C2H6/c1-10-5-3-9(4-6-10)11(2)7-8-12-9;2*1-2/h3-8H2,1-2H3;2*1-2H3. The SMILES string of the molecule is CC.CC.CN1CCC2(CC1)OCCN2C. The van der Waals surface area contributed by atoms with E-state index in [4.69, 9.17) is 4.74 Å². The summed E-state index contributed by atoms with van der Waals surface area (Å²) < 4.78 is 5.84. The van der Waals surface area contributed by atoms with Crippen LogP contribution in [0, 0.1) is 0 Å². The molecule has 0 N–H and O–H groups in total. The second-order valence-corrected chi connectivity index (χ2v) is 4.02. The van der Waals surface area contributed by atoms with E-state index in [0.29, 0.717) is 0 Å². The molecule has 2 saturated heterocycles. The van der Waals surface area contributed by atoms with Gasteiger partial charge in [0, 0.05) is 32.5 Å². The van der Waals surface area contributed by atoms with E-state index in [9.17, 15) is 0 Å². The monoisotopic (exact) mass is 230 g/mol. The number of rotatable bonds is 0. The molecule has 0 amide bonds. The molecule has 0 aliphatic carbocycles. The van der Waals surface area contributed by atoms with Gasteiger partial charge < -0.3 is 9.64 Å². The fraction of sp³-hybridized carbons (Fsp3) is 1.00. The molecular formula is C13H30N2O. The minimum atomic E-state index is 0.104. The van der Waals surface area contributed by atoms with Gasteiger partial charge in [-0.25, -0.2) is 0 Å². The van der Waals surface area contributed by atoms with E-state index in [-0.39, 0.29) is 5.72 Å². The maximum atomic E-state index is 5.84. The lowest BCUT2D eigenvalue weighted by atomic mass is 10.00. The highest BCUT2D eigenvalue weighted by atomic mass is 16.5. The lowest BCUT2D eigenvalue weighted by Crippen LogP contribution is -2.50. The van der Waals surface area contributed by atoms with Gasteiger partial charge in [0.05, 0.1) is 6.61 Å². The van der Waals surface area contributed by atoms with Crippen molar-refractivity contribution in [2.24, 2.45) is 0 Å². The second kappa shape index (κ2) is 8.04. The molecule has 2 aliphatic heterocycles. The predicted molar refractivity (Wildman–Crippen MR) is 70.7 cm³/mol. The van der Waals surface area contributed by atoms with Crippen LogP contribution >= 0.6 is 0 Å². The van der Waals surface area contributed by atoms with Crippen LogP contribution < -0.4 is 0 Å². The van der Waals surface area contributed by atoms with E-state index < -0.39 is 0 Å². The Hall–Kier alpha value is -0.120. The molecule has 0 aromatic carbocycles. The lowest BCUT2D eigenvalue weighted by Gasteiger charge is -2.41. The zero-order chi connectivity index (χ0) is 12.6. The van der Waals surface area contributed by atoms with E-state index in [1.54, 1.807) is 0 Å². The van der Waals surface area contributed by atoms with Crippen molar-refractivity contribution >= 4 is 0 Å². The Kier molecular flexibility index (Phi) is 7.98. The van der Waals surface area contributed by atoms with Crippen LogP contribution in [0.2, 0.25) is 0 Å². The summed E-state index contributed by atoms with van der Waals surface area (Å²) in [5.41, 5.74) is 0.104. The van der Waals surface area contributed by atoms with Gasteiger partial charge in [0.25, 0.3) is 0 Å². The van der Waals surface area contributed by atoms with Crippen molar-refractivity contribution in [1.29, 1.82) is 0 Å². The Morgan fingerprint density at radius 3 is 1.75 bits per heavy atom. The van der Waals surface area contributed by atoms with Gasteiger partial charge in [0.15, 0.2) is 0 Å². The van der Waals surface area contributed by atoms with Crippen molar-refractivity contribution in [2.75, 3.05) is 40.3 Å².